The number of sulfonamides is 1. The second-order valence-electron chi connectivity index (χ2n) is 11.2. The van der Waals surface area contributed by atoms with Crippen molar-refractivity contribution in [3.63, 3.8) is 0 Å². The molecule has 0 radical (unpaired) electrons. The molecule has 9 heteroatoms. The van der Waals surface area contributed by atoms with Gasteiger partial charge in [0.25, 0.3) is 10.0 Å². The predicted octanol–water partition coefficient (Wildman–Crippen LogP) is 2.26. The van der Waals surface area contributed by atoms with E-state index in [1.807, 2.05) is 0 Å². The molecule has 3 N–H and O–H groups in total. The van der Waals surface area contributed by atoms with E-state index in [0.29, 0.717) is 11.5 Å². The Labute approximate surface area is 187 Å². The Morgan fingerprint density at radius 3 is 2.62 bits per heavy atom. The first kappa shape index (κ1) is 20.4. The lowest BCUT2D eigenvalue weighted by Gasteiger charge is -2.56. The third-order valence-electron chi connectivity index (χ3n) is 9.45. The van der Waals surface area contributed by atoms with Crippen LogP contribution in [0.4, 0.5) is 4.39 Å². The third-order valence-corrected chi connectivity index (χ3v) is 11.3. The van der Waals surface area contributed by atoms with Gasteiger partial charge in [-0.1, -0.05) is 18.2 Å². The zero-order chi connectivity index (χ0) is 22.7. The number of nitrogens with one attached hydrogen (secondary N) is 1. The van der Waals surface area contributed by atoms with Crippen LogP contribution in [0.25, 0.3) is 0 Å². The second-order valence-corrected chi connectivity index (χ2v) is 13.0. The van der Waals surface area contributed by atoms with Gasteiger partial charge < -0.3 is 15.8 Å². The molecule has 1 spiro atoms. The molecule has 1 amide bonds. The van der Waals surface area contributed by atoms with Gasteiger partial charge in [0.15, 0.2) is 0 Å². The molecule has 172 valence electrons. The maximum absolute atomic E-state index is 14.2. The quantitative estimate of drug-likeness (QED) is 0.715. The summed E-state index contributed by atoms with van der Waals surface area (Å²) in [5.41, 5.74) is 4.31. The number of amides is 1. The molecule has 1 aliphatic heterocycles. The summed E-state index contributed by atoms with van der Waals surface area (Å²) < 4.78 is 50.7. The number of hydrogen-bond donors (Lipinski definition) is 2. The van der Waals surface area contributed by atoms with Gasteiger partial charge in [-0.25, -0.2) is 12.8 Å². The fraction of sp³-hybridized carbons (Fsp3) is 0.652. The Bertz CT molecular complexity index is 1180. The molecule has 4 saturated carbocycles. The largest absolute Gasteiger partial charge is 0.457 e. The van der Waals surface area contributed by atoms with Crippen molar-refractivity contribution in [2.24, 2.45) is 32.8 Å². The third kappa shape index (κ3) is 2.33. The maximum atomic E-state index is 14.2. The number of primary amides is 1. The van der Waals surface area contributed by atoms with Gasteiger partial charge in [-0.05, 0) is 81.3 Å². The van der Waals surface area contributed by atoms with Crippen molar-refractivity contribution in [2.45, 2.75) is 68.8 Å². The average Bonchev–Trinajstić information content (AvgIpc) is 3.16. The number of benzene rings is 1. The Morgan fingerprint density at radius 2 is 1.94 bits per heavy atom. The lowest BCUT2D eigenvalue weighted by Crippen LogP contribution is -2.60. The van der Waals surface area contributed by atoms with Gasteiger partial charge in [-0.3, -0.25) is 4.79 Å². The maximum Gasteiger partial charge on any atom is 0.301 e. The summed E-state index contributed by atoms with van der Waals surface area (Å²) in [6, 6.07) is 6.20. The molecule has 6 atom stereocenters. The van der Waals surface area contributed by atoms with E-state index in [9.17, 15) is 17.6 Å². The number of carbonyl (C=O) groups is 1. The predicted molar refractivity (Wildman–Crippen MR) is 115 cm³/mol. The van der Waals surface area contributed by atoms with Crippen molar-refractivity contribution in [3.05, 3.63) is 35.6 Å². The molecule has 1 heterocycles. The van der Waals surface area contributed by atoms with Gasteiger partial charge in [0.05, 0.1) is 5.41 Å². The van der Waals surface area contributed by atoms with Crippen LogP contribution in [0.5, 0.6) is 0 Å². The molecule has 6 rings (SSSR count). The van der Waals surface area contributed by atoms with E-state index in [4.69, 9.17) is 10.5 Å². The molecule has 5 unspecified atom stereocenters. The molecule has 1 aromatic carbocycles. The van der Waals surface area contributed by atoms with Crippen molar-refractivity contribution in [3.8, 4) is 0 Å². The Hall–Kier alpha value is -2.16. The number of nitrogens with zero attached hydrogens (tertiary/aromatic N) is 1. The first-order valence-electron chi connectivity index (χ1n) is 11.3. The Kier molecular flexibility index (Phi) is 3.73. The van der Waals surface area contributed by atoms with Crippen LogP contribution in [0.2, 0.25) is 0 Å². The molecule has 0 aromatic heterocycles. The summed E-state index contributed by atoms with van der Waals surface area (Å²) in [5, 5.41) is 2.39. The summed E-state index contributed by atoms with van der Waals surface area (Å²) in [6.07, 6.45) is 4.22. The van der Waals surface area contributed by atoms with Gasteiger partial charge in [0.1, 0.15) is 16.7 Å². The number of fused-ring (bicyclic) bond motifs is 3. The Morgan fingerprint density at radius 1 is 1.22 bits per heavy atom. The zero-order valence-electron chi connectivity index (χ0n) is 18.2. The standard InChI is InChI=1S/C23H28FN3O4S/c1-20(2)17(7-13-5-3-4-6-16(13)24)32(29,30)27-19(31-20)26-23-11-14-8-21(18(25)28)9-15(23)10-22(14,21)12-23/h3-6,14-15,17H,7-12H2,1-2H3,(H2,25,28)(H,26,27)/t14?,15?,17-,21?,22?,23?/m1/s1. The summed E-state index contributed by atoms with van der Waals surface area (Å²) in [7, 11) is -3.94. The van der Waals surface area contributed by atoms with Crippen LogP contribution >= 0.6 is 0 Å². The molecule has 4 aliphatic carbocycles. The van der Waals surface area contributed by atoms with Gasteiger partial charge in [0, 0.05) is 5.54 Å². The lowest BCUT2D eigenvalue weighted by molar-refractivity contribution is -0.157. The minimum Gasteiger partial charge on any atom is -0.457 e. The van der Waals surface area contributed by atoms with E-state index in [1.54, 1.807) is 32.0 Å². The Balaban J connectivity index is 1.28. The summed E-state index contributed by atoms with van der Waals surface area (Å²) >= 11 is 0. The van der Waals surface area contributed by atoms with Gasteiger partial charge in [0.2, 0.25) is 5.91 Å². The second kappa shape index (κ2) is 5.85. The lowest BCUT2D eigenvalue weighted by atomic mass is 9.46. The highest BCUT2D eigenvalue weighted by Crippen LogP contribution is 2.85. The van der Waals surface area contributed by atoms with Crippen LogP contribution in [0.15, 0.2) is 28.7 Å². The molecule has 32 heavy (non-hydrogen) atoms. The van der Waals surface area contributed by atoms with Crippen molar-refractivity contribution < 1.29 is 22.3 Å². The van der Waals surface area contributed by atoms with Crippen molar-refractivity contribution in [1.82, 2.24) is 5.32 Å². The average molecular weight is 462 g/mol. The van der Waals surface area contributed by atoms with Crippen LogP contribution < -0.4 is 11.1 Å². The normalized spacial score (nSPS) is 43.8. The van der Waals surface area contributed by atoms with E-state index < -0.39 is 26.7 Å². The van der Waals surface area contributed by atoms with Crippen LogP contribution in [0, 0.1) is 28.5 Å². The smallest absolute Gasteiger partial charge is 0.301 e. The highest BCUT2D eigenvalue weighted by Gasteiger charge is 2.84. The number of nitrogens with two attached hydrogens (primary N) is 1. The summed E-state index contributed by atoms with van der Waals surface area (Å²) in [4.78, 5) is 12.3. The molecule has 7 nitrogen and oxygen atoms in total. The fourth-order valence-electron chi connectivity index (χ4n) is 8.08. The highest BCUT2D eigenvalue weighted by atomic mass is 32.2. The van der Waals surface area contributed by atoms with Crippen molar-refractivity contribution in [1.29, 1.82) is 0 Å². The molecule has 0 saturated heterocycles. The SMILES string of the molecule is CC1(C)OC(NC23CC4CC5(C(N)=O)CC2CC45C3)=NS(=O)(=O)[C@@H]1Cc1ccccc1F. The first-order chi connectivity index (χ1) is 14.9. The van der Waals surface area contributed by atoms with Crippen LogP contribution in [0.3, 0.4) is 0 Å². The topological polar surface area (TPSA) is 111 Å². The molecule has 3 bridgehead atoms. The molecular weight excluding hydrogens is 433 g/mol. The number of ether oxygens (including phenoxy) is 1. The number of carbonyl (C=O) groups excluding carboxylic acids is 1. The van der Waals surface area contributed by atoms with Crippen molar-refractivity contribution >= 4 is 22.0 Å². The summed E-state index contributed by atoms with van der Waals surface area (Å²) in [6.45, 7) is 3.42. The first-order valence-corrected chi connectivity index (χ1v) is 12.8. The monoisotopic (exact) mass is 461 g/mol. The molecule has 5 aliphatic rings. The van der Waals surface area contributed by atoms with Gasteiger partial charge in [-0.15, -0.1) is 4.40 Å². The minimum absolute atomic E-state index is 0.0150. The molecular formula is C23H28FN3O4S. The van der Waals surface area contributed by atoms with E-state index in [0.717, 1.165) is 32.1 Å². The van der Waals surface area contributed by atoms with Crippen molar-refractivity contribution in [2.75, 3.05) is 0 Å². The van der Waals surface area contributed by atoms with Crippen LogP contribution in [-0.4, -0.2) is 36.7 Å². The van der Waals surface area contributed by atoms with E-state index in [-0.39, 0.29) is 40.6 Å². The fourth-order valence-corrected chi connectivity index (χ4v) is 9.68. The molecule has 1 aromatic rings. The number of amidine groups is 1. The number of hydrogen-bond acceptors (Lipinski definition) is 5. The number of rotatable bonds is 4. The highest BCUT2D eigenvalue weighted by molar-refractivity contribution is 7.91. The number of halogens is 1. The van der Waals surface area contributed by atoms with Gasteiger partial charge in [-0.2, -0.15) is 0 Å². The van der Waals surface area contributed by atoms with Gasteiger partial charge >= 0.3 is 6.02 Å². The minimum atomic E-state index is -3.94. The van der Waals surface area contributed by atoms with E-state index in [2.05, 4.69) is 9.71 Å². The van der Waals surface area contributed by atoms with E-state index in [1.165, 1.54) is 6.07 Å². The van der Waals surface area contributed by atoms with Crippen LogP contribution in [-0.2, 0) is 26.0 Å². The van der Waals surface area contributed by atoms with E-state index >= 15 is 0 Å². The summed E-state index contributed by atoms with van der Waals surface area (Å²) in [5.74, 6) is 0.0643. The van der Waals surface area contributed by atoms with Crippen LogP contribution in [0.1, 0.15) is 51.5 Å². The molecule has 4 fully saturated rings. The zero-order valence-corrected chi connectivity index (χ0v) is 19.0.